The number of ether oxygens (including phenoxy) is 2. The minimum Gasteiger partial charge on any atom is -0.496 e. The molecule has 3 heteroatoms. The summed E-state index contributed by atoms with van der Waals surface area (Å²) in [5, 5.41) is 0. The molecule has 16 heavy (non-hydrogen) atoms. The third-order valence-electron chi connectivity index (χ3n) is 2.17. The third kappa shape index (κ3) is 3.57. The molecule has 1 rings (SSSR count). The lowest BCUT2D eigenvalue weighted by Gasteiger charge is -2.09. The minimum absolute atomic E-state index is 0.0631. The summed E-state index contributed by atoms with van der Waals surface area (Å²) < 4.78 is 10.2. The van der Waals surface area contributed by atoms with Crippen LogP contribution < -0.4 is 4.74 Å². The Morgan fingerprint density at radius 3 is 2.56 bits per heavy atom. The molecule has 0 aliphatic carbocycles. The van der Waals surface area contributed by atoms with Crippen molar-refractivity contribution in [2.75, 3.05) is 7.11 Å². The van der Waals surface area contributed by atoms with E-state index in [2.05, 4.69) is 0 Å². The SMILES string of the molecule is COc1ccc(CC(=O)OC(C)C)cc1C. The van der Waals surface area contributed by atoms with E-state index in [0.29, 0.717) is 6.42 Å². The van der Waals surface area contributed by atoms with Gasteiger partial charge in [0, 0.05) is 0 Å². The maximum absolute atomic E-state index is 11.4. The van der Waals surface area contributed by atoms with E-state index in [4.69, 9.17) is 9.47 Å². The van der Waals surface area contributed by atoms with Crippen molar-refractivity contribution in [3.63, 3.8) is 0 Å². The van der Waals surface area contributed by atoms with Gasteiger partial charge in [0.05, 0.1) is 19.6 Å². The number of hydrogen-bond acceptors (Lipinski definition) is 3. The van der Waals surface area contributed by atoms with Crippen LogP contribution in [0.15, 0.2) is 18.2 Å². The average Bonchev–Trinajstić information content (AvgIpc) is 2.16. The van der Waals surface area contributed by atoms with Crippen molar-refractivity contribution in [3.05, 3.63) is 29.3 Å². The summed E-state index contributed by atoms with van der Waals surface area (Å²) in [7, 11) is 1.63. The maximum Gasteiger partial charge on any atom is 0.310 e. The highest BCUT2D eigenvalue weighted by Crippen LogP contribution is 2.18. The number of methoxy groups -OCH3 is 1. The second-order valence-electron chi connectivity index (χ2n) is 4.02. The molecular weight excluding hydrogens is 204 g/mol. The number of carbonyl (C=O) groups is 1. The summed E-state index contributed by atoms with van der Waals surface area (Å²) in [6.07, 6.45) is 0.245. The van der Waals surface area contributed by atoms with Crippen LogP contribution >= 0.6 is 0 Å². The Morgan fingerprint density at radius 1 is 1.38 bits per heavy atom. The predicted molar refractivity (Wildman–Crippen MR) is 62.7 cm³/mol. The van der Waals surface area contributed by atoms with Gasteiger partial charge in [0.15, 0.2) is 0 Å². The second-order valence-corrected chi connectivity index (χ2v) is 4.02. The first-order chi connectivity index (χ1) is 7.52. The molecule has 0 N–H and O–H groups in total. The Labute approximate surface area is 96.4 Å². The van der Waals surface area contributed by atoms with Gasteiger partial charge in [0.25, 0.3) is 0 Å². The van der Waals surface area contributed by atoms with Crippen molar-refractivity contribution in [1.29, 1.82) is 0 Å². The number of esters is 1. The van der Waals surface area contributed by atoms with Crippen LogP contribution in [-0.2, 0) is 16.0 Å². The quantitative estimate of drug-likeness (QED) is 0.734. The van der Waals surface area contributed by atoms with E-state index in [1.807, 2.05) is 39.0 Å². The van der Waals surface area contributed by atoms with Crippen LogP contribution in [0.1, 0.15) is 25.0 Å². The van der Waals surface area contributed by atoms with E-state index in [-0.39, 0.29) is 12.1 Å². The Morgan fingerprint density at radius 2 is 2.06 bits per heavy atom. The number of aryl methyl sites for hydroxylation is 1. The van der Waals surface area contributed by atoms with Crippen molar-refractivity contribution in [2.24, 2.45) is 0 Å². The van der Waals surface area contributed by atoms with Gasteiger partial charge in [0.1, 0.15) is 5.75 Å². The summed E-state index contributed by atoms with van der Waals surface area (Å²) in [4.78, 5) is 11.4. The summed E-state index contributed by atoms with van der Waals surface area (Å²) >= 11 is 0. The molecule has 0 bridgehead atoms. The molecule has 0 aromatic heterocycles. The normalized spacial score (nSPS) is 10.3. The van der Waals surface area contributed by atoms with Crippen molar-refractivity contribution in [1.82, 2.24) is 0 Å². The molecule has 0 spiro atoms. The molecule has 0 heterocycles. The van der Waals surface area contributed by atoms with Gasteiger partial charge >= 0.3 is 5.97 Å². The summed E-state index contributed by atoms with van der Waals surface area (Å²) in [6, 6.07) is 5.70. The van der Waals surface area contributed by atoms with Crippen LogP contribution in [0.5, 0.6) is 5.75 Å². The summed E-state index contributed by atoms with van der Waals surface area (Å²) in [5.41, 5.74) is 1.97. The van der Waals surface area contributed by atoms with Crippen molar-refractivity contribution >= 4 is 5.97 Å². The highest BCUT2D eigenvalue weighted by Gasteiger charge is 2.08. The number of rotatable bonds is 4. The molecule has 0 amide bonds. The zero-order valence-electron chi connectivity index (χ0n) is 10.2. The highest BCUT2D eigenvalue weighted by molar-refractivity contribution is 5.72. The van der Waals surface area contributed by atoms with Crippen LogP contribution in [0.3, 0.4) is 0 Å². The Balaban J connectivity index is 2.68. The van der Waals surface area contributed by atoms with Crippen molar-refractivity contribution in [3.8, 4) is 5.75 Å². The van der Waals surface area contributed by atoms with Gasteiger partial charge < -0.3 is 9.47 Å². The van der Waals surface area contributed by atoms with E-state index in [1.54, 1.807) is 7.11 Å². The molecule has 1 aromatic carbocycles. The van der Waals surface area contributed by atoms with Crippen LogP contribution in [-0.4, -0.2) is 19.2 Å². The van der Waals surface area contributed by atoms with Gasteiger partial charge in [-0.05, 0) is 38.0 Å². The molecule has 3 nitrogen and oxygen atoms in total. The topological polar surface area (TPSA) is 35.5 Å². The molecule has 0 unspecified atom stereocenters. The van der Waals surface area contributed by atoms with Gasteiger partial charge in [-0.25, -0.2) is 0 Å². The molecule has 0 fully saturated rings. The van der Waals surface area contributed by atoms with Crippen LogP contribution in [0.2, 0.25) is 0 Å². The molecule has 0 radical (unpaired) electrons. The summed E-state index contributed by atoms with van der Waals surface area (Å²) in [5.74, 6) is 0.639. The van der Waals surface area contributed by atoms with E-state index >= 15 is 0 Å². The smallest absolute Gasteiger partial charge is 0.310 e. The first kappa shape index (κ1) is 12.6. The lowest BCUT2D eigenvalue weighted by Crippen LogP contribution is -2.13. The molecule has 88 valence electrons. The number of carbonyl (C=O) groups excluding carboxylic acids is 1. The third-order valence-corrected chi connectivity index (χ3v) is 2.17. The largest absolute Gasteiger partial charge is 0.496 e. The van der Waals surface area contributed by atoms with E-state index in [0.717, 1.165) is 16.9 Å². The predicted octanol–water partition coefficient (Wildman–Crippen LogP) is 2.50. The van der Waals surface area contributed by atoms with E-state index in [9.17, 15) is 4.79 Å². The fourth-order valence-corrected chi connectivity index (χ4v) is 1.52. The van der Waals surface area contributed by atoms with Crippen LogP contribution in [0, 0.1) is 6.92 Å². The molecule has 0 aliphatic rings. The molecular formula is C13H18O3. The first-order valence-corrected chi connectivity index (χ1v) is 5.36. The molecule has 0 saturated heterocycles. The zero-order chi connectivity index (χ0) is 12.1. The monoisotopic (exact) mass is 222 g/mol. The van der Waals surface area contributed by atoms with Crippen LogP contribution in [0.25, 0.3) is 0 Å². The first-order valence-electron chi connectivity index (χ1n) is 5.36. The summed E-state index contributed by atoms with van der Waals surface area (Å²) in [6.45, 7) is 5.64. The van der Waals surface area contributed by atoms with Crippen molar-refractivity contribution < 1.29 is 14.3 Å². The lowest BCUT2D eigenvalue weighted by molar-refractivity contribution is -0.146. The Kier molecular flexibility index (Phi) is 4.35. The van der Waals surface area contributed by atoms with Crippen molar-refractivity contribution in [2.45, 2.75) is 33.3 Å². The number of benzene rings is 1. The van der Waals surface area contributed by atoms with Gasteiger partial charge in [-0.1, -0.05) is 12.1 Å². The average molecular weight is 222 g/mol. The Hall–Kier alpha value is -1.51. The Bertz CT molecular complexity index is 369. The van der Waals surface area contributed by atoms with E-state index < -0.39 is 0 Å². The van der Waals surface area contributed by atoms with E-state index in [1.165, 1.54) is 0 Å². The molecule has 0 aliphatic heterocycles. The highest BCUT2D eigenvalue weighted by atomic mass is 16.5. The fraction of sp³-hybridized carbons (Fsp3) is 0.462. The maximum atomic E-state index is 11.4. The lowest BCUT2D eigenvalue weighted by atomic mass is 10.1. The number of hydrogen-bond donors (Lipinski definition) is 0. The standard InChI is InChI=1S/C13H18O3/c1-9(2)16-13(14)8-11-5-6-12(15-4)10(3)7-11/h5-7,9H,8H2,1-4H3. The molecule has 1 aromatic rings. The van der Waals surface area contributed by atoms with Gasteiger partial charge in [0.2, 0.25) is 0 Å². The van der Waals surface area contributed by atoms with Gasteiger partial charge in [-0.15, -0.1) is 0 Å². The van der Waals surface area contributed by atoms with Gasteiger partial charge in [-0.3, -0.25) is 4.79 Å². The van der Waals surface area contributed by atoms with Gasteiger partial charge in [-0.2, -0.15) is 0 Å². The fourth-order valence-electron chi connectivity index (χ4n) is 1.52. The second kappa shape index (κ2) is 5.54. The molecule has 0 atom stereocenters. The van der Waals surface area contributed by atoms with Crippen LogP contribution in [0.4, 0.5) is 0 Å². The molecule has 0 saturated carbocycles. The minimum atomic E-state index is -0.195. The zero-order valence-corrected chi connectivity index (χ0v) is 10.2.